The minimum absolute atomic E-state index is 0.148. The molecule has 0 spiro atoms. The number of nitrogens with zero attached hydrogens (tertiary/aromatic N) is 3. The zero-order valence-corrected chi connectivity index (χ0v) is 17.2. The third-order valence-electron chi connectivity index (χ3n) is 5.68. The molecule has 1 atom stereocenters. The van der Waals surface area contributed by atoms with Gasteiger partial charge in [-0.3, -0.25) is 0 Å². The molecule has 0 aliphatic carbocycles. The summed E-state index contributed by atoms with van der Waals surface area (Å²) in [5, 5.41) is 3.35. The number of aryl methyl sites for hydroxylation is 1. The molecule has 3 heterocycles. The quantitative estimate of drug-likeness (QED) is 0.855. The highest BCUT2D eigenvalue weighted by atomic mass is 32.2. The summed E-state index contributed by atoms with van der Waals surface area (Å²) in [5.41, 5.74) is 2.04. The summed E-state index contributed by atoms with van der Waals surface area (Å²) in [6, 6.07) is 11.1. The van der Waals surface area contributed by atoms with Crippen LogP contribution in [0, 0.1) is 6.92 Å². The summed E-state index contributed by atoms with van der Waals surface area (Å²) < 4.78 is 28.2. The van der Waals surface area contributed by atoms with Gasteiger partial charge in [-0.25, -0.2) is 13.4 Å². The van der Waals surface area contributed by atoms with Crippen molar-refractivity contribution in [3.8, 4) is 0 Å². The Balaban J connectivity index is 1.59. The van der Waals surface area contributed by atoms with Gasteiger partial charge in [0.2, 0.25) is 10.0 Å². The van der Waals surface area contributed by atoms with Gasteiger partial charge < -0.3 is 10.2 Å². The SMILES string of the molecule is Cc1ccc(S(=O)(=O)N2CCCC[C@H]2c2ccc(N3CCNCC3)nc2)cc1. The Labute approximate surface area is 167 Å². The molecule has 2 saturated heterocycles. The highest BCUT2D eigenvalue weighted by molar-refractivity contribution is 7.89. The minimum Gasteiger partial charge on any atom is -0.354 e. The number of benzene rings is 1. The van der Waals surface area contributed by atoms with Gasteiger partial charge in [0, 0.05) is 38.9 Å². The maximum absolute atomic E-state index is 13.3. The van der Waals surface area contributed by atoms with E-state index in [1.54, 1.807) is 16.4 Å². The van der Waals surface area contributed by atoms with Crippen molar-refractivity contribution in [3.63, 3.8) is 0 Å². The maximum atomic E-state index is 13.3. The number of aromatic nitrogens is 1. The largest absolute Gasteiger partial charge is 0.354 e. The molecule has 1 aromatic carbocycles. The van der Waals surface area contributed by atoms with Crippen LogP contribution < -0.4 is 10.2 Å². The number of piperazine rings is 1. The van der Waals surface area contributed by atoms with E-state index >= 15 is 0 Å². The van der Waals surface area contributed by atoms with E-state index in [2.05, 4.69) is 21.3 Å². The number of hydrogen-bond donors (Lipinski definition) is 1. The molecule has 28 heavy (non-hydrogen) atoms. The molecule has 2 aliphatic rings. The normalized spacial score (nSPS) is 21.6. The summed E-state index contributed by atoms with van der Waals surface area (Å²) in [4.78, 5) is 7.29. The van der Waals surface area contributed by atoms with Crippen LogP contribution in [0.15, 0.2) is 47.5 Å². The lowest BCUT2D eigenvalue weighted by Gasteiger charge is -2.35. The predicted octanol–water partition coefficient (Wildman–Crippen LogP) is 2.72. The summed E-state index contributed by atoms with van der Waals surface area (Å²) in [6.07, 6.45) is 4.63. The number of nitrogens with one attached hydrogen (secondary N) is 1. The summed E-state index contributed by atoms with van der Waals surface area (Å²) in [7, 11) is -3.52. The molecular formula is C21H28N4O2S. The first-order valence-electron chi connectivity index (χ1n) is 10.1. The number of piperidine rings is 1. The van der Waals surface area contributed by atoms with Crippen LogP contribution in [-0.2, 0) is 10.0 Å². The molecule has 2 aromatic rings. The van der Waals surface area contributed by atoms with Crippen molar-refractivity contribution in [1.82, 2.24) is 14.6 Å². The summed E-state index contributed by atoms with van der Waals surface area (Å²) >= 11 is 0. The first-order valence-corrected chi connectivity index (χ1v) is 11.5. The summed E-state index contributed by atoms with van der Waals surface area (Å²) in [5.74, 6) is 0.967. The second-order valence-corrected chi connectivity index (χ2v) is 9.52. The van der Waals surface area contributed by atoms with Crippen molar-refractivity contribution >= 4 is 15.8 Å². The fourth-order valence-corrected chi connectivity index (χ4v) is 5.73. The van der Waals surface area contributed by atoms with Crippen LogP contribution in [0.2, 0.25) is 0 Å². The van der Waals surface area contributed by atoms with Crippen LogP contribution in [0.1, 0.15) is 36.4 Å². The molecule has 4 rings (SSSR count). The lowest BCUT2D eigenvalue weighted by Crippen LogP contribution is -2.44. The van der Waals surface area contributed by atoms with Gasteiger partial charge in [-0.15, -0.1) is 0 Å². The molecule has 150 valence electrons. The molecule has 1 aromatic heterocycles. The second kappa shape index (κ2) is 8.19. The molecule has 0 saturated carbocycles. The predicted molar refractivity (Wildman–Crippen MR) is 111 cm³/mol. The number of anilines is 1. The molecule has 1 N–H and O–H groups in total. The van der Waals surface area contributed by atoms with E-state index in [9.17, 15) is 8.42 Å². The maximum Gasteiger partial charge on any atom is 0.243 e. The molecule has 7 heteroatoms. The number of sulfonamides is 1. The van der Waals surface area contributed by atoms with Gasteiger partial charge >= 0.3 is 0 Å². The molecule has 0 unspecified atom stereocenters. The van der Waals surface area contributed by atoms with Crippen molar-refractivity contribution in [2.45, 2.75) is 37.1 Å². The van der Waals surface area contributed by atoms with Crippen molar-refractivity contribution < 1.29 is 8.42 Å². The van der Waals surface area contributed by atoms with Gasteiger partial charge in [0.15, 0.2) is 0 Å². The third-order valence-corrected chi connectivity index (χ3v) is 7.60. The Kier molecular flexibility index (Phi) is 5.66. The Morgan fingerprint density at radius 2 is 1.75 bits per heavy atom. The van der Waals surface area contributed by atoms with E-state index < -0.39 is 10.0 Å². The van der Waals surface area contributed by atoms with Crippen molar-refractivity contribution in [3.05, 3.63) is 53.7 Å². The second-order valence-electron chi connectivity index (χ2n) is 7.63. The first kappa shape index (κ1) is 19.4. The minimum atomic E-state index is -3.52. The number of pyridine rings is 1. The monoisotopic (exact) mass is 400 g/mol. The number of hydrogen-bond acceptors (Lipinski definition) is 5. The fourth-order valence-electron chi connectivity index (χ4n) is 4.05. The smallest absolute Gasteiger partial charge is 0.243 e. The van der Waals surface area contributed by atoms with Crippen LogP contribution in [0.3, 0.4) is 0 Å². The molecule has 0 amide bonds. The Hall–Kier alpha value is -1.96. The van der Waals surface area contributed by atoms with Crippen LogP contribution in [0.4, 0.5) is 5.82 Å². The Morgan fingerprint density at radius 1 is 1.00 bits per heavy atom. The van der Waals surface area contributed by atoms with E-state index in [0.717, 1.165) is 62.4 Å². The van der Waals surface area contributed by atoms with Crippen LogP contribution in [0.25, 0.3) is 0 Å². The van der Waals surface area contributed by atoms with Crippen molar-refractivity contribution in [1.29, 1.82) is 0 Å². The molecular weight excluding hydrogens is 372 g/mol. The van der Waals surface area contributed by atoms with E-state index in [0.29, 0.717) is 11.4 Å². The summed E-state index contributed by atoms with van der Waals surface area (Å²) in [6.45, 7) is 6.35. The van der Waals surface area contributed by atoms with E-state index in [4.69, 9.17) is 0 Å². The lowest BCUT2D eigenvalue weighted by molar-refractivity contribution is 0.255. The van der Waals surface area contributed by atoms with Gasteiger partial charge in [-0.2, -0.15) is 4.31 Å². The standard InChI is InChI=1S/C21H28N4O2S/c1-17-5-8-19(9-6-17)28(26,27)25-13-3-2-4-20(25)18-7-10-21(23-16-18)24-14-11-22-12-15-24/h5-10,16,20,22H,2-4,11-15H2,1H3/t20-/m0/s1. The Morgan fingerprint density at radius 3 is 2.43 bits per heavy atom. The van der Waals surface area contributed by atoms with E-state index in [-0.39, 0.29) is 6.04 Å². The first-order chi connectivity index (χ1) is 13.6. The highest BCUT2D eigenvalue weighted by Gasteiger charge is 2.34. The van der Waals surface area contributed by atoms with Gasteiger partial charge in [-0.1, -0.05) is 30.2 Å². The van der Waals surface area contributed by atoms with Gasteiger partial charge in [0.1, 0.15) is 5.82 Å². The molecule has 0 bridgehead atoms. The number of rotatable bonds is 4. The average Bonchev–Trinajstić information content (AvgIpc) is 2.75. The molecule has 6 nitrogen and oxygen atoms in total. The van der Waals surface area contributed by atoms with Gasteiger partial charge in [0.05, 0.1) is 10.9 Å². The zero-order valence-electron chi connectivity index (χ0n) is 16.3. The lowest BCUT2D eigenvalue weighted by atomic mass is 9.99. The Bertz CT molecular complexity index is 891. The highest BCUT2D eigenvalue weighted by Crippen LogP contribution is 2.35. The van der Waals surface area contributed by atoms with E-state index in [1.807, 2.05) is 31.3 Å². The zero-order chi connectivity index (χ0) is 19.6. The molecule has 0 radical (unpaired) electrons. The fraction of sp³-hybridized carbons (Fsp3) is 0.476. The van der Waals surface area contributed by atoms with E-state index in [1.165, 1.54) is 0 Å². The van der Waals surface area contributed by atoms with Crippen molar-refractivity contribution in [2.75, 3.05) is 37.6 Å². The van der Waals surface area contributed by atoms with Crippen LogP contribution >= 0.6 is 0 Å². The van der Waals surface area contributed by atoms with Crippen molar-refractivity contribution in [2.24, 2.45) is 0 Å². The van der Waals surface area contributed by atoms with Gasteiger partial charge in [-0.05, 0) is 43.5 Å². The average molecular weight is 401 g/mol. The van der Waals surface area contributed by atoms with Crippen LogP contribution in [0.5, 0.6) is 0 Å². The molecule has 2 fully saturated rings. The topological polar surface area (TPSA) is 65.5 Å². The molecule has 2 aliphatic heterocycles. The third kappa shape index (κ3) is 3.92. The van der Waals surface area contributed by atoms with Gasteiger partial charge in [0.25, 0.3) is 0 Å². The van der Waals surface area contributed by atoms with Crippen LogP contribution in [-0.4, -0.2) is 50.4 Å².